The van der Waals surface area contributed by atoms with Crippen molar-refractivity contribution in [3.05, 3.63) is 40.2 Å². The van der Waals surface area contributed by atoms with Gasteiger partial charge in [-0.3, -0.25) is 18.9 Å². The van der Waals surface area contributed by atoms with Crippen LogP contribution < -0.4 is 11.3 Å². The number of aliphatic hydroxyl groups excluding tert-OH is 2. The van der Waals surface area contributed by atoms with Crippen molar-refractivity contribution < 1.29 is 33.8 Å². The first-order valence-electron chi connectivity index (χ1n) is 10.1. The number of phosphoric acid groups is 1. The Kier molecular flexibility index (Phi) is 6.14. The summed E-state index contributed by atoms with van der Waals surface area (Å²) in [6.45, 7) is 3.40. The lowest BCUT2D eigenvalue weighted by Gasteiger charge is -2.20. The van der Waals surface area contributed by atoms with Gasteiger partial charge in [0.2, 0.25) is 5.95 Å². The number of ether oxygens (including phenoxy) is 1. The van der Waals surface area contributed by atoms with Crippen molar-refractivity contribution in [2.45, 2.75) is 44.3 Å². The molecule has 1 saturated heterocycles. The van der Waals surface area contributed by atoms with Gasteiger partial charge in [-0.1, -0.05) is 38.1 Å². The van der Waals surface area contributed by atoms with Crippen LogP contribution in [-0.4, -0.2) is 64.4 Å². The van der Waals surface area contributed by atoms with E-state index in [0.717, 1.165) is 5.56 Å². The zero-order valence-electron chi connectivity index (χ0n) is 17.7. The Hall–Kier alpha value is -2.64. The van der Waals surface area contributed by atoms with Gasteiger partial charge in [0, 0.05) is 5.56 Å². The number of benzene rings is 1. The summed E-state index contributed by atoms with van der Waals surface area (Å²) in [5.41, 5.74) is 6.70. The third-order valence-electron chi connectivity index (χ3n) is 5.40. The number of rotatable bonds is 6. The number of nitrogen functional groups attached to an aromatic ring is 1. The molecule has 1 aliphatic rings. The average molecular weight is 481 g/mol. The van der Waals surface area contributed by atoms with Crippen LogP contribution in [0, 0.1) is 0 Å². The Morgan fingerprint density at radius 1 is 1.21 bits per heavy atom. The van der Waals surface area contributed by atoms with E-state index in [9.17, 15) is 19.6 Å². The molecule has 4 rings (SSSR count). The quantitative estimate of drug-likeness (QED) is 0.263. The molecule has 3 aromatic rings. The molecule has 0 amide bonds. The Bertz CT molecular complexity index is 1270. The van der Waals surface area contributed by atoms with Crippen molar-refractivity contribution in [3.63, 3.8) is 0 Å². The third kappa shape index (κ3) is 4.57. The van der Waals surface area contributed by atoms with Crippen LogP contribution in [0.3, 0.4) is 0 Å². The number of aliphatic hydroxyl groups is 2. The number of phosphoric ester groups is 1. The molecule has 7 N–H and O–H groups in total. The number of nitrogens with zero attached hydrogens (tertiary/aromatic N) is 3. The Morgan fingerprint density at radius 3 is 2.48 bits per heavy atom. The minimum atomic E-state index is -4.83. The normalized spacial score (nSPS) is 23.6. The zero-order chi connectivity index (χ0) is 24.1. The molecule has 1 aliphatic heterocycles. The number of hydrogen-bond donors (Lipinski definition) is 6. The summed E-state index contributed by atoms with van der Waals surface area (Å²) in [5, 5.41) is 21.1. The summed E-state index contributed by atoms with van der Waals surface area (Å²) >= 11 is 0. The van der Waals surface area contributed by atoms with Crippen molar-refractivity contribution in [3.8, 4) is 11.4 Å². The van der Waals surface area contributed by atoms with E-state index >= 15 is 0 Å². The van der Waals surface area contributed by atoms with Gasteiger partial charge in [-0.15, -0.1) is 0 Å². The monoisotopic (exact) mass is 481 g/mol. The van der Waals surface area contributed by atoms with E-state index in [2.05, 4.69) is 19.5 Å². The van der Waals surface area contributed by atoms with Crippen molar-refractivity contribution in [2.75, 3.05) is 12.3 Å². The summed E-state index contributed by atoms with van der Waals surface area (Å²) in [7, 11) is -4.83. The zero-order valence-corrected chi connectivity index (χ0v) is 18.6. The van der Waals surface area contributed by atoms with E-state index in [4.69, 9.17) is 20.3 Å². The van der Waals surface area contributed by atoms with Crippen LogP contribution in [-0.2, 0) is 13.8 Å². The number of anilines is 1. The van der Waals surface area contributed by atoms with Gasteiger partial charge in [0.05, 0.1) is 6.61 Å². The molecule has 33 heavy (non-hydrogen) atoms. The maximum Gasteiger partial charge on any atom is 0.469 e. The van der Waals surface area contributed by atoms with Gasteiger partial charge in [0.15, 0.2) is 17.4 Å². The van der Waals surface area contributed by atoms with Crippen LogP contribution in [0.1, 0.15) is 31.6 Å². The highest BCUT2D eigenvalue weighted by Gasteiger charge is 2.46. The maximum absolute atomic E-state index is 12.5. The minimum absolute atomic E-state index is 0.00647. The van der Waals surface area contributed by atoms with Crippen molar-refractivity contribution >= 4 is 24.9 Å². The molecule has 0 radical (unpaired) electrons. The number of hydrogen-bond acceptors (Lipinski definition) is 9. The van der Waals surface area contributed by atoms with E-state index in [1.165, 1.54) is 4.57 Å². The summed E-state index contributed by atoms with van der Waals surface area (Å²) < 4.78 is 22.5. The van der Waals surface area contributed by atoms with Gasteiger partial charge >= 0.3 is 7.82 Å². The lowest BCUT2D eigenvalue weighted by Crippen LogP contribution is -2.33. The van der Waals surface area contributed by atoms with Crippen molar-refractivity contribution in [2.24, 2.45) is 0 Å². The fourth-order valence-corrected chi connectivity index (χ4v) is 4.05. The first-order chi connectivity index (χ1) is 15.5. The molecule has 0 spiro atoms. The second-order valence-electron chi connectivity index (χ2n) is 8.04. The molecule has 1 fully saturated rings. The molecular weight excluding hydrogens is 457 g/mol. The number of imidazole rings is 1. The molecule has 0 unspecified atom stereocenters. The SMILES string of the molecule is CC(C)c1ccc(-c2nc3c(=O)[nH]c(N)nc3n2[C@@H]2O[C@H](COP(=O)(O)O)[C@@H](O)[C@H]2O)cc1. The molecule has 4 atom stereocenters. The highest BCUT2D eigenvalue weighted by Crippen LogP contribution is 2.40. The van der Waals surface area contributed by atoms with E-state index in [1.807, 2.05) is 26.0 Å². The Labute approximate surface area is 187 Å². The number of H-pyrrole nitrogens is 1. The van der Waals surface area contributed by atoms with Crippen LogP contribution in [0.4, 0.5) is 5.95 Å². The number of aromatic nitrogens is 4. The fourth-order valence-electron chi connectivity index (χ4n) is 3.71. The molecular formula is C19H24N5O8P. The second kappa shape index (κ2) is 8.61. The van der Waals surface area contributed by atoms with E-state index in [0.29, 0.717) is 5.56 Å². The van der Waals surface area contributed by atoms with E-state index in [-0.39, 0.29) is 28.9 Å². The largest absolute Gasteiger partial charge is 0.469 e. The predicted octanol–water partition coefficient (Wildman–Crippen LogP) is 0.221. The van der Waals surface area contributed by atoms with Gasteiger partial charge in [-0.2, -0.15) is 4.98 Å². The summed E-state index contributed by atoms with van der Waals surface area (Å²) in [6.07, 6.45) is -5.67. The molecule has 0 aliphatic carbocycles. The molecule has 0 saturated carbocycles. The lowest BCUT2D eigenvalue weighted by atomic mass is 10.0. The maximum atomic E-state index is 12.5. The number of aromatic amines is 1. The van der Waals surface area contributed by atoms with Crippen LogP contribution in [0.5, 0.6) is 0 Å². The van der Waals surface area contributed by atoms with Gasteiger partial charge < -0.3 is 30.5 Å². The van der Waals surface area contributed by atoms with Gasteiger partial charge in [0.1, 0.15) is 24.1 Å². The molecule has 13 nitrogen and oxygen atoms in total. The standard InChI is InChI=1S/C19H24N5O8P/c1-8(2)9-3-5-10(6-4-9)15-21-12-16(22-19(20)23-17(12)27)24(15)18-14(26)13(25)11(32-18)7-31-33(28,29)30/h3-6,8,11,13-14,18,25-26H,7H2,1-2H3,(H2,28,29,30)(H3,20,22,23,27)/t11-,13-,14-,18-/m1/s1. The molecule has 0 bridgehead atoms. The number of nitrogens with one attached hydrogen (secondary N) is 1. The van der Waals surface area contributed by atoms with Crippen LogP contribution in [0.15, 0.2) is 29.1 Å². The molecule has 3 heterocycles. The molecule has 2 aromatic heterocycles. The fraction of sp³-hybridized carbons (Fsp3) is 0.421. The van der Waals surface area contributed by atoms with E-state index < -0.39 is 44.5 Å². The van der Waals surface area contributed by atoms with Crippen LogP contribution >= 0.6 is 7.82 Å². The summed E-state index contributed by atoms with van der Waals surface area (Å²) in [5.74, 6) is 0.313. The Morgan fingerprint density at radius 2 is 1.88 bits per heavy atom. The Balaban J connectivity index is 1.83. The molecule has 1 aromatic carbocycles. The van der Waals surface area contributed by atoms with Crippen molar-refractivity contribution in [1.29, 1.82) is 0 Å². The van der Waals surface area contributed by atoms with Crippen molar-refractivity contribution in [1.82, 2.24) is 19.5 Å². The van der Waals surface area contributed by atoms with Gasteiger partial charge in [-0.25, -0.2) is 9.55 Å². The lowest BCUT2D eigenvalue weighted by molar-refractivity contribution is -0.0496. The first-order valence-corrected chi connectivity index (χ1v) is 11.6. The minimum Gasteiger partial charge on any atom is -0.387 e. The second-order valence-corrected chi connectivity index (χ2v) is 9.28. The van der Waals surface area contributed by atoms with Gasteiger partial charge in [-0.05, 0) is 11.5 Å². The average Bonchev–Trinajstić information content (AvgIpc) is 3.24. The van der Waals surface area contributed by atoms with E-state index in [1.54, 1.807) is 12.1 Å². The first kappa shape index (κ1) is 23.5. The van der Waals surface area contributed by atoms with Gasteiger partial charge in [0.25, 0.3) is 5.56 Å². The molecule has 178 valence electrons. The number of nitrogens with two attached hydrogens (primary N) is 1. The highest BCUT2D eigenvalue weighted by atomic mass is 31.2. The highest BCUT2D eigenvalue weighted by molar-refractivity contribution is 7.46. The predicted molar refractivity (Wildman–Crippen MR) is 116 cm³/mol. The smallest absolute Gasteiger partial charge is 0.387 e. The van der Waals surface area contributed by atoms with Crippen LogP contribution in [0.2, 0.25) is 0 Å². The summed E-state index contributed by atoms with van der Waals surface area (Å²) in [6, 6.07) is 7.37. The van der Waals surface area contributed by atoms with Crippen LogP contribution in [0.25, 0.3) is 22.6 Å². The topological polar surface area (TPSA) is 206 Å². The molecule has 14 heteroatoms. The number of fused-ring (bicyclic) bond motifs is 1. The third-order valence-corrected chi connectivity index (χ3v) is 5.89. The summed E-state index contributed by atoms with van der Waals surface area (Å²) in [4.78, 5) is 41.2.